The van der Waals surface area contributed by atoms with Gasteiger partial charge in [0.2, 0.25) is 0 Å². The van der Waals surface area contributed by atoms with E-state index in [0.717, 1.165) is 17.7 Å². The van der Waals surface area contributed by atoms with Crippen molar-refractivity contribution in [2.75, 3.05) is 6.61 Å². The Labute approximate surface area is 125 Å². The second-order valence-corrected chi connectivity index (χ2v) is 6.19. The van der Waals surface area contributed by atoms with Crippen molar-refractivity contribution in [2.45, 2.75) is 56.7 Å². The number of carboxylic acid groups (broad SMARTS) is 1. The third-order valence-corrected chi connectivity index (χ3v) is 4.57. The van der Waals surface area contributed by atoms with E-state index in [0.29, 0.717) is 6.61 Å². The van der Waals surface area contributed by atoms with Crippen LogP contribution in [-0.4, -0.2) is 29.4 Å². The van der Waals surface area contributed by atoms with E-state index in [1.165, 1.54) is 32.1 Å². The van der Waals surface area contributed by atoms with Gasteiger partial charge in [0.1, 0.15) is 12.4 Å². The summed E-state index contributed by atoms with van der Waals surface area (Å²) in [5.41, 5.74) is 0.941. The molecule has 0 radical (unpaired) electrons. The molecule has 21 heavy (non-hydrogen) atoms. The minimum Gasteiger partial charge on any atom is -0.491 e. The third kappa shape index (κ3) is 3.56. The van der Waals surface area contributed by atoms with Crippen LogP contribution in [0.15, 0.2) is 24.3 Å². The number of ether oxygens (including phenoxy) is 2. The van der Waals surface area contributed by atoms with Crippen LogP contribution in [-0.2, 0) is 16.0 Å². The molecule has 1 saturated heterocycles. The number of carbonyl (C=O) groups is 1. The van der Waals surface area contributed by atoms with Crippen LogP contribution in [0.2, 0.25) is 0 Å². The summed E-state index contributed by atoms with van der Waals surface area (Å²) in [4.78, 5) is 10.6. The van der Waals surface area contributed by atoms with Crippen molar-refractivity contribution in [1.29, 1.82) is 0 Å². The lowest BCUT2D eigenvalue weighted by atomic mass is 9.98. The van der Waals surface area contributed by atoms with E-state index in [1.54, 1.807) is 12.1 Å². The first-order chi connectivity index (χ1) is 10.2. The van der Waals surface area contributed by atoms with E-state index in [-0.39, 0.29) is 18.1 Å². The number of rotatable bonds is 5. The topological polar surface area (TPSA) is 55.8 Å². The first-order valence-electron chi connectivity index (χ1n) is 7.77. The van der Waals surface area contributed by atoms with Crippen LogP contribution in [0, 0.1) is 0 Å². The average molecular weight is 290 g/mol. The lowest BCUT2D eigenvalue weighted by Gasteiger charge is -2.23. The molecular formula is C17H22O4. The summed E-state index contributed by atoms with van der Waals surface area (Å²) in [6, 6.07) is 7.27. The fourth-order valence-corrected chi connectivity index (χ4v) is 3.47. The zero-order valence-electron chi connectivity index (χ0n) is 12.2. The van der Waals surface area contributed by atoms with Gasteiger partial charge in [-0.05, 0) is 43.4 Å². The highest BCUT2D eigenvalue weighted by Gasteiger charge is 2.42. The number of hydrogen-bond acceptors (Lipinski definition) is 3. The van der Waals surface area contributed by atoms with Gasteiger partial charge in [-0.1, -0.05) is 25.0 Å². The van der Waals surface area contributed by atoms with Crippen molar-refractivity contribution >= 4 is 5.97 Å². The summed E-state index contributed by atoms with van der Waals surface area (Å²) in [7, 11) is 0. The molecule has 2 aliphatic rings. The first kappa shape index (κ1) is 14.4. The van der Waals surface area contributed by atoms with E-state index >= 15 is 0 Å². The summed E-state index contributed by atoms with van der Waals surface area (Å²) in [5, 5.41) is 8.74. The highest BCUT2D eigenvalue weighted by atomic mass is 16.6. The van der Waals surface area contributed by atoms with E-state index in [1.807, 2.05) is 12.1 Å². The maximum atomic E-state index is 10.6. The normalized spacial score (nSPS) is 23.5. The average Bonchev–Trinajstić information content (AvgIpc) is 3.08. The standard InChI is InChI=1S/C17H22O4/c18-16(19)11-13-3-5-14(6-4-13)20-12-15-7-10-17(21-15)8-1-2-9-17/h3-6,15H,1-2,7-12H2,(H,18,19). The second-order valence-electron chi connectivity index (χ2n) is 6.19. The zero-order valence-corrected chi connectivity index (χ0v) is 12.2. The maximum absolute atomic E-state index is 10.6. The molecule has 1 aromatic rings. The molecule has 3 rings (SSSR count). The van der Waals surface area contributed by atoms with Crippen LogP contribution in [0.25, 0.3) is 0 Å². The SMILES string of the molecule is O=C(O)Cc1ccc(OCC2CCC3(CCCC3)O2)cc1. The summed E-state index contributed by atoms with van der Waals surface area (Å²) >= 11 is 0. The molecule has 1 spiro atoms. The van der Waals surface area contributed by atoms with Gasteiger partial charge in [0.15, 0.2) is 0 Å². The van der Waals surface area contributed by atoms with Crippen molar-refractivity contribution in [1.82, 2.24) is 0 Å². The first-order valence-corrected chi connectivity index (χ1v) is 7.77. The Bertz CT molecular complexity index is 488. The van der Waals surface area contributed by atoms with E-state index in [9.17, 15) is 4.79 Å². The highest BCUT2D eigenvalue weighted by molar-refractivity contribution is 5.70. The molecule has 4 heteroatoms. The molecule has 4 nitrogen and oxygen atoms in total. The Morgan fingerprint density at radius 3 is 2.62 bits per heavy atom. The molecule has 1 N–H and O–H groups in total. The summed E-state index contributed by atoms with van der Waals surface area (Å²) in [6.45, 7) is 0.583. The molecule has 1 atom stereocenters. The van der Waals surface area contributed by atoms with Crippen LogP contribution in [0.3, 0.4) is 0 Å². The lowest BCUT2D eigenvalue weighted by Crippen LogP contribution is -2.27. The molecule has 1 aliphatic heterocycles. The molecule has 1 aromatic carbocycles. The number of aliphatic carboxylic acids is 1. The van der Waals surface area contributed by atoms with Crippen LogP contribution >= 0.6 is 0 Å². The van der Waals surface area contributed by atoms with Gasteiger partial charge in [0.25, 0.3) is 0 Å². The molecule has 1 unspecified atom stereocenters. The Hall–Kier alpha value is -1.55. The highest BCUT2D eigenvalue weighted by Crippen LogP contribution is 2.43. The van der Waals surface area contributed by atoms with Crippen molar-refractivity contribution in [3.05, 3.63) is 29.8 Å². The predicted molar refractivity (Wildman–Crippen MR) is 78.6 cm³/mol. The van der Waals surface area contributed by atoms with Gasteiger partial charge in [-0.25, -0.2) is 0 Å². The van der Waals surface area contributed by atoms with Crippen molar-refractivity contribution in [3.63, 3.8) is 0 Å². The quantitative estimate of drug-likeness (QED) is 0.905. The molecule has 0 amide bonds. The largest absolute Gasteiger partial charge is 0.491 e. The summed E-state index contributed by atoms with van der Waals surface area (Å²) in [5.74, 6) is -0.0370. The molecule has 1 aliphatic carbocycles. The molecule has 0 bridgehead atoms. The van der Waals surface area contributed by atoms with Gasteiger partial charge in [-0.15, -0.1) is 0 Å². The Balaban J connectivity index is 1.48. The number of hydrogen-bond donors (Lipinski definition) is 1. The monoisotopic (exact) mass is 290 g/mol. The molecule has 0 aromatic heterocycles. The third-order valence-electron chi connectivity index (χ3n) is 4.57. The van der Waals surface area contributed by atoms with Gasteiger partial charge in [-0.2, -0.15) is 0 Å². The smallest absolute Gasteiger partial charge is 0.307 e. The van der Waals surface area contributed by atoms with E-state index < -0.39 is 5.97 Å². The Morgan fingerprint density at radius 2 is 1.95 bits per heavy atom. The van der Waals surface area contributed by atoms with Gasteiger partial charge in [0.05, 0.1) is 18.1 Å². The van der Waals surface area contributed by atoms with Crippen molar-refractivity contribution in [3.8, 4) is 5.75 Å². The fraction of sp³-hybridized carbons (Fsp3) is 0.588. The minimum absolute atomic E-state index is 0.0501. The van der Waals surface area contributed by atoms with Crippen LogP contribution in [0.4, 0.5) is 0 Å². The number of benzene rings is 1. The van der Waals surface area contributed by atoms with Crippen LogP contribution in [0.1, 0.15) is 44.1 Å². The summed E-state index contributed by atoms with van der Waals surface area (Å²) < 4.78 is 12.0. The van der Waals surface area contributed by atoms with Gasteiger partial charge >= 0.3 is 5.97 Å². The van der Waals surface area contributed by atoms with Crippen LogP contribution in [0.5, 0.6) is 5.75 Å². The van der Waals surface area contributed by atoms with E-state index in [2.05, 4.69) is 0 Å². The van der Waals surface area contributed by atoms with E-state index in [4.69, 9.17) is 14.6 Å². The van der Waals surface area contributed by atoms with Gasteiger partial charge in [0, 0.05) is 0 Å². The maximum Gasteiger partial charge on any atom is 0.307 e. The molecule has 1 saturated carbocycles. The van der Waals surface area contributed by atoms with Crippen LogP contribution < -0.4 is 4.74 Å². The minimum atomic E-state index is -0.815. The number of carboxylic acids is 1. The van der Waals surface area contributed by atoms with Crippen molar-refractivity contribution in [2.24, 2.45) is 0 Å². The summed E-state index contributed by atoms with van der Waals surface area (Å²) in [6.07, 6.45) is 7.48. The Kier molecular flexibility index (Phi) is 4.15. The lowest BCUT2D eigenvalue weighted by molar-refractivity contribution is -0.136. The fourth-order valence-electron chi connectivity index (χ4n) is 3.47. The second kappa shape index (κ2) is 6.06. The van der Waals surface area contributed by atoms with Crippen molar-refractivity contribution < 1.29 is 19.4 Å². The molecular weight excluding hydrogens is 268 g/mol. The predicted octanol–water partition coefficient (Wildman–Crippen LogP) is 3.18. The molecule has 114 valence electrons. The van der Waals surface area contributed by atoms with Gasteiger partial charge in [-0.3, -0.25) is 4.79 Å². The molecule has 1 heterocycles. The Morgan fingerprint density at radius 1 is 1.24 bits per heavy atom. The molecule has 2 fully saturated rings. The van der Waals surface area contributed by atoms with Gasteiger partial charge < -0.3 is 14.6 Å². The zero-order chi connectivity index (χ0) is 14.7.